The van der Waals surface area contributed by atoms with Gasteiger partial charge in [-0.1, -0.05) is 89.4 Å². The first-order valence-corrected chi connectivity index (χ1v) is 41.1. The summed E-state index contributed by atoms with van der Waals surface area (Å²) in [7, 11) is 0. The van der Waals surface area contributed by atoms with Crippen LogP contribution in [0.5, 0.6) is 0 Å². The maximum Gasteiger partial charge on any atom is 0.333 e. The van der Waals surface area contributed by atoms with Gasteiger partial charge in [0.25, 0.3) is 16.7 Å². The van der Waals surface area contributed by atoms with Gasteiger partial charge in [0, 0.05) is 71.4 Å². The lowest BCUT2D eigenvalue weighted by Crippen LogP contribution is -2.52. The highest BCUT2D eigenvalue weighted by molar-refractivity contribution is 7.22. The first kappa shape index (κ1) is 85.1. The highest BCUT2D eigenvalue weighted by Crippen LogP contribution is 2.42. The molecule has 3 N–H and O–H groups in total. The Morgan fingerprint density at radius 2 is 0.667 bits per heavy atom. The van der Waals surface area contributed by atoms with Crippen molar-refractivity contribution in [1.29, 1.82) is 0 Å². The largest absolute Gasteiger partial charge is 0.480 e. The number of hydrogen-bond acceptors (Lipinski definition) is 24. The average Bonchev–Trinajstić information content (AvgIpc) is 1.62. The number of carboxylic acid groups (broad SMARTS) is 3. The molecule has 0 aliphatic carbocycles. The molecule has 12 aromatic rings. The van der Waals surface area contributed by atoms with E-state index in [1.54, 1.807) is 39.0 Å². The van der Waals surface area contributed by atoms with Gasteiger partial charge in [0.15, 0.2) is 0 Å². The third-order valence-electron chi connectivity index (χ3n) is 21.1. The molecule has 618 valence electrons. The van der Waals surface area contributed by atoms with E-state index in [1.165, 1.54) is 127 Å². The van der Waals surface area contributed by atoms with Crippen molar-refractivity contribution in [2.24, 2.45) is 0 Å². The Balaban J connectivity index is 0.000000152. The predicted octanol–water partition coefficient (Wildman–Crippen LogP) is 13.8. The van der Waals surface area contributed by atoms with E-state index < -0.39 is 86.6 Å². The van der Waals surface area contributed by atoms with Crippen molar-refractivity contribution >= 4 is 117 Å². The van der Waals surface area contributed by atoms with E-state index in [9.17, 15) is 58.5 Å². The number of hydrogen-bond donors (Lipinski definition) is 3. The molecule has 0 spiro atoms. The van der Waals surface area contributed by atoms with E-state index in [2.05, 4.69) is 15.0 Å². The smallest absolute Gasteiger partial charge is 0.333 e. The SMILES string of the molecule is Cc1c(-c2ncco2)sc2c1c(=O)n(C(C)(C)C(=O)O)c(=O)n2CC(OC1CCOCC1)c1ccccc1Cl.Cc1c(-c2ncco2)sc2c1c(=O)n(C(C)(C)C(=O)O)c(=O)n2C[C@@H](OC1CCOCC1)c1ccccc1Cl.Cc1c(-c2ncco2)sc2c1c(=O)n(C(C)(C)C(=O)O)c(=O)n2C[C@H](OC1CCOCC1)c1ccccc1Cl. The van der Waals surface area contributed by atoms with Crippen LogP contribution in [0.25, 0.3) is 63.0 Å². The maximum absolute atomic E-state index is 14.0. The summed E-state index contributed by atoms with van der Waals surface area (Å²) in [6, 6.07) is 21.7. The van der Waals surface area contributed by atoms with Crippen molar-refractivity contribution in [2.45, 2.75) is 174 Å². The first-order chi connectivity index (χ1) is 55.8. The van der Waals surface area contributed by atoms with Crippen LogP contribution in [0.1, 0.15) is 132 Å². The van der Waals surface area contributed by atoms with Crippen LogP contribution in [-0.4, -0.2) is 134 Å². The van der Waals surface area contributed by atoms with E-state index in [0.29, 0.717) is 173 Å². The Morgan fingerprint density at radius 3 is 0.880 bits per heavy atom. The van der Waals surface area contributed by atoms with E-state index in [4.69, 9.17) is 76.5 Å². The van der Waals surface area contributed by atoms with Crippen molar-refractivity contribution in [1.82, 2.24) is 42.4 Å². The number of aromatic nitrogens is 9. The molecule has 12 heterocycles. The van der Waals surface area contributed by atoms with E-state index in [1.807, 2.05) is 54.6 Å². The van der Waals surface area contributed by atoms with Gasteiger partial charge in [-0.2, -0.15) is 0 Å². The van der Waals surface area contributed by atoms with Crippen molar-refractivity contribution in [3.63, 3.8) is 0 Å². The number of aliphatic carboxylic acids is 3. The second-order valence-corrected chi connectivity index (χ2v) is 34.0. The molecule has 30 nitrogen and oxygen atoms in total. The summed E-state index contributed by atoms with van der Waals surface area (Å²) in [4.78, 5) is 136. The summed E-state index contributed by atoms with van der Waals surface area (Å²) >= 11 is 23.3. The Hall–Kier alpha value is -9.75. The fraction of sp³-hybridized carbons (Fsp3) is 0.407. The zero-order valence-electron chi connectivity index (χ0n) is 65.0. The summed E-state index contributed by atoms with van der Waals surface area (Å²) in [6.07, 6.45) is 10.5. The van der Waals surface area contributed by atoms with Crippen LogP contribution < -0.4 is 33.7 Å². The molecule has 3 fully saturated rings. The van der Waals surface area contributed by atoms with Crippen LogP contribution in [0.15, 0.2) is 152 Å². The number of carboxylic acids is 3. The molecular weight excluding hydrogens is 1640 g/mol. The summed E-state index contributed by atoms with van der Waals surface area (Å²) in [5.74, 6) is -3.02. The van der Waals surface area contributed by atoms with Gasteiger partial charge in [0.2, 0.25) is 17.7 Å². The second kappa shape index (κ2) is 35.4. The fourth-order valence-electron chi connectivity index (χ4n) is 14.4. The van der Waals surface area contributed by atoms with E-state index in [-0.39, 0.29) is 54.1 Å². The van der Waals surface area contributed by atoms with Gasteiger partial charge in [0.1, 0.15) is 68.2 Å². The van der Waals surface area contributed by atoms with Crippen LogP contribution in [0.3, 0.4) is 0 Å². The third kappa shape index (κ3) is 17.0. The Morgan fingerprint density at radius 1 is 0.427 bits per heavy atom. The highest BCUT2D eigenvalue weighted by Gasteiger charge is 2.41. The average molecular weight is 1720 g/mol. The molecular formula is C81H84Cl3N9O21S3. The molecule has 0 saturated carbocycles. The Labute approximate surface area is 693 Å². The standard InChI is InChI=1S/3C27H28ClN3O7S/c3*1-15-20-23(32)31(27(2,3)25(33)34)26(35)30(24(20)39-21(15)22-29-10-13-37-22)14-19(17-6-4-5-7-18(17)28)38-16-8-11-36-12-9-16/h3*4-7,10,13,16,19H,8-9,11-12,14H2,1-3H3,(H,33,34)/t2*19-;/m10./s1. The van der Waals surface area contributed by atoms with Crippen molar-refractivity contribution in [2.75, 3.05) is 39.6 Å². The van der Waals surface area contributed by atoms with Gasteiger partial charge in [-0.3, -0.25) is 28.1 Å². The number of nitrogens with zero attached hydrogens (tertiary/aromatic N) is 9. The summed E-state index contributed by atoms with van der Waals surface area (Å²) in [5, 5.41) is 32.0. The molecule has 0 amide bonds. The number of halogens is 3. The van der Waals surface area contributed by atoms with Crippen molar-refractivity contribution in [3.05, 3.63) is 221 Å². The van der Waals surface area contributed by atoms with Crippen molar-refractivity contribution in [3.8, 4) is 32.3 Å². The fourth-order valence-corrected chi connectivity index (χ4v) is 18.9. The monoisotopic (exact) mass is 1720 g/mol. The Kier molecular flexibility index (Phi) is 25.8. The molecule has 15 rings (SSSR count). The van der Waals surface area contributed by atoms with Gasteiger partial charge in [-0.25, -0.2) is 57.4 Å². The summed E-state index contributed by atoms with van der Waals surface area (Å²) in [5.41, 5.74) is -6.10. The molecule has 1 unspecified atom stereocenters. The van der Waals surface area contributed by atoms with E-state index >= 15 is 0 Å². The lowest BCUT2D eigenvalue weighted by Gasteiger charge is -2.30. The number of carbonyl (C=O) groups is 3. The third-order valence-corrected chi connectivity index (χ3v) is 26.1. The number of oxazole rings is 3. The summed E-state index contributed by atoms with van der Waals surface area (Å²) < 4.78 is 59.1. The highest BCUT2D eigenvalue weighted by atomic mass is 35.5. The first-order valence-electron chi connectivity index (χ1n) is 37.5. The molecule has 0 bridgehead atoms. The molecule has 9 aromatic heterocycles. The molecule has 3 aromatic carbocycles. The summed E-state index contributed by atoms with van der Waals surface area (Å²) in [6.45, 7) is 16.5. The molecule has 3 aliphatic rings. The van der Waals surface area contributed by atoms with Crippen LogP contribution >= 0.6 is 68.8 Å². The lowest BCUT2D eigenvalue weighted by molar-refractivity contribution is -0.146. The maximum atomic E-state index is 14.0. The minimum atomic E-state index is -1.82. The van der Waals surface area contributed by atoms with Crippen LogP contribution in [0, 0.1) is 20.8 Å². The number of benzene rings is 3. The zero-order chi connectivity index (χ0) is 83.7. The number of rotatable bonds is 24. The topological polar surface area (TPSA) is 377 Å². The number of fused-ring (bicyclic) bond motifs is 3. The Bertz CT molecular complexity index is 5470. The van der Waals surface area contributed by atoms with Crippen molar-refractivity contribution < 1.29 is 71.4 Å². The molecule has 0 radical (unpaired) electrons. The normalized spacial score (nSPS) is 15.6. The molecule has 3 aliphatic heterocycles. The molecule has 117 heavy (non-hydrogen) atoms. The van der Waals surface area contributed by atoms with Gasteiger partial charge in [0.05, 0.1) is 87.3 Å². The minimum Gasteiger partial charge on any atom is -0.480 e. The van der Waals surface area contributed by atoms with E-state index in [0.717, 1.165) is 13.7 Å². The zero-order valence-corrected chi connectivity index (χ0v) is 69.8. The van der Waals surface area contributed by atoms with Gasteiger partial charge in [-0.15, -0.1) is 34.0 Å². The van der Waals surface area contributed by atoms with Crippen LogP contribution in [0.2, 0.25) is 15.1 Å². The number of thiophene rings is 3. The molecule has 36 heteroatoms. The van der Waals surface area contributed by atoms with Crippen LogP contribution in [0.4, 0.5) is 0 Å². The number of aryl methyl sites for hydroxylation is 3. The van der Waals surface area contributed by atoms with Gasteiger partial charge < -0.3 is 57.0 Å². The van der Waals surface area contributed by atoms with Gasteiger partial charge >= 0.3 is 35.0 Å². The van der Waals surface area contributed by atoms with Gasteiger partial charge in [-0.05, 0) is 136 Å². The molecule has 3 saturated heterocycles. The number of ether oxygens (including phenoxy) is 6. The minimum absolute atomic E-state index is 0.00260. The predicted molar refractivity (Wildman–Crippen MR) is 440 cm³/mol. The lowest BCUT2D eigenvalue weighted by atomic mass is 10.1. The second-order valence-electron chi connectivity index (χ2n) is 29.8. The van der Waals surface area contributed by atoms with Crippen LogP contribution in [-0.2, 0) is 79.1 Å². The molecule has 3 atom stereocenters. The quantitative estimate of drug-likeness (QED) is 0.0506.